The summed E-state index contributed by atoms with van der Waals surface area (Å²) in [4.78, 5) is 7.06. The molecule has 0 amide bonds. The Hall–Kier alpha value is -1.75. The minimum Gasteiger partial charge on any atom is -0.463 e. The highest BCUT2D eigenvalue weighted by atomic mass is 32.1. The first kappa shape index (κ1) is 10.2. The van der Waals surface area contributed by atoms with E-state index < -0.39 is 0 Å². The highest BCUT2D eigenvalue weighted by Gasteiger charge is 2.22. The Morgan fingerprint density at radius 2 is 2.22 bits per heavy atom. The molecule has 2 N–H and O–H groups in total. The van der Waals surface area contributed by atoms with Gasteiger partial charge >= 0.3 is 0 Å². The summed E-state index contributed by atoms with van der Waals surface area (Å²) in [5, 5.41) is 0. The van der Waals surface area contributed by atoms with Crippen molar-refractivity contribution in [2.24, 2.45) is 0 Å². The Bertz CT molecular complexity index is 708. The molecule has 1 aliphatic carbocycles. The molecular formula is C13H13N3OS. The van der Waals surface area contributed by atoms with E-state index in [-0.39, 0.29) is 0 Å². The van der Waals surface area contributed by atoms with Gasteiger partial charge < -0.3 is 10.2 Å². The fraction of sp³-hybridized carbons (Fsp3) is 0.308. The quantitative estimate of drug-likeness (QED) is 0.730. The van der Waals surface area contributed by atoms with Gasteiger partial charge in [-0.2, -0.15) is 0 Å². The maximum Gasteiger partial charge on any atom is 0.196 e. The minimum atomic E-state index is 0.708. The molecule has 0 spiro atoms. The summed E-state index contributed by atoms with van der Waals surface area (Å²) in [6.45, 7) is 0. The molecule has 5 heteroatoms. The number of hydrogen-bond donors (Lipinski definition) is 1. The lowest BCUT2D eigenvalue weighted by atomic mass is 10.0. The van der Waals surface area contributed by atoms with E-state index in [1.165, 1.54) is 29.8 Å². The second kappa shape index (κ2) is 3.62. The van der Waals surface area contributed by atoms with Crippen molar-refractivity contribution < 1.29 is 4.42 Å². The van der Waals surface area contributed by atoms with Gasteiger partial charge in [0.05, 0.1) is 6.26 Å². The van der Waals surface area contributed by atoms with Gasteiger partial charge in [0.15, 0.2) is 10.7 Å². The van der Waals surface area contributed by atoms with Gasteiger partial charge in [0.1, 0.15) is 11.5 Å². The molecule has 3 aromatic rings. The van der Waals surface area contributed by atoms with Crippen molar-refractivity contribution in [1.82, 2.24) is 9.38 Å². The molecule has 4 rings (SSSR count). The Labute approximate surface area is 108 Å². The van der Waals surface area contributed by atoms with Crippen molar-refractivity contribution in [2.75, 3.05) is 5.73 Å². The van der Waals surface area contributed by atoms with Gasteiger partial charge in [-0.3, -0.25) is 4.40 Å². The monoisotopic (exact) mass is 259 g/mol. The number of nitrogens with zero attached hydrogens (tertiary/aromatic N) is 2. The topological polar surface area (TPSA) is 56.5 Å². The second-order valence-corrected chi connectivity index (χ2v) is 5.68. The molecule has 0 saturated carbocycles. The van der Waals surface area contributed by atoms with Crippen molar-refractivity contribution in [2.45, 2.75) is 25.7 Å². The Balaban J connectivity index is 1.98. The molecule has 0 aromatic carbocycles. The van der Waals surface area contributed by atoms with Crippen LogP contribution >= 0.6 is 11.3 Å². The number of rotatable bonds is 1. The van der Waals surface area contributed by atoms with Crippen molar-refractivity contribution in [3.05, 3.63) is 29.0 Å². The van der Waals surface area contributed by atoms with E-state index in [4.69, 9.17) is 10.2 Å². The summed E-state index contributed by atoms with van der Waals surface area (Å²) in [6, 6.07) is 3.76. The van der Waals surface area contributed by atoms with Crippen LogP contribution in [0.25, 0.3) is 16.4 Å². The van der Waals surface area contributed by atoms with E-state index in [9.17, 15) is 0 Å². The number of fused-ring (bicyclic) bond motifs is 3. The summed E-state index contributed by atoms with van der Waals surface area (Å²) < 4.78 is 7.50. The van der Waals surface area contributed by atoms with E-state index in [1.54, 1.807) is 17.6 Å². The molecular weight excluding hydrogens is 246 g/mol. The molecule has 0 atom stereocenters. The van der Waals surface area contributed by atoms with Gasteiger partial charge in [0, 0.05) is 10.6 Å². The van der Waals surface area contributed by atoms with Crippen LogP contribution in [0.15, 0.2) is 22.8 Å². The number of hydrogen-bond acceptors (Lipinski definition) is 4. The van der Waals surface area contributed by atoms with Gasteiger partial charge in [-0.15, -0.1) is 11.3 Å². The molecule has 18 heavy (non-hydrogen) atoms. The van der Waals surface area contributed by atoms with Crippen molar-refractivity contribution >= 4 is 22.1 Å². The first-order valence-corrected chi connectivity index (χ1v) is 6.98. The first-order valence-electron chi connectivity index (χ1n) is 6.17. The third kappa shape index (κ3) is 1.28. The van der Waals surface area contributed by atoms with Crippen LogP contribution in [0.5, 0.6) is 0 Å². The fourth-order valence-corrected chi connectivity index (χ4v) is 3.87. The Morgan fingerprint density at radius 1 is 1.33 bits per heavy atom. The number of nitrogen functional groups attached to an aromatic ring is 1. The fourth-order valence-electron chi connectivity index (χ4n) is 2.65. The molecule has 0 fully saturated rings. The zero-order chi connectivity index (χ0) is 12.1. The van der Waals surface area contributed by atoms with Crippen LogP contribution in [0.1, 0.15) is 23.4 Å². The molecule has 1 aliphatic rings. The summed E-state index contributed by atoms with van der Waals surface area (Å²) in [5.74, 6) is 1.45. The third-order valence-corrected chi connectivity index (χ3v) is 4.65. The first-order chi connectivity index (χ1) is 8.84. The highest BCUT2D eigenvalue weighted by molar-refractivity contribution is 7.17. The largest absolute Gasteiger partial charge is 0.463 e. The molecule has 0 radical (unpaired) electrons. The molecule has 4 nitrogen and oxygen atoms in total. The van der Waals surface area contributed by atoms with Crippen molar-refractivity contribution in [1.29, 1.82) is 0 Å². The normalized spacial score (nSPS) is 15.1. The van der Waals surface area contributed by atoms with Crippen molar-refractivity contribution in [3.8, 4) is 11.5 Å². The van der Waals surface area contributed by atoms with E-state index >= 15 is 0 Å². The lowest BCUT2D eigenvalue weighted by Crippen LogP contribution is -2.04. The second-order valence-electron chi connectivity index (χ2n) is 4.62. The van der Waals surface area contributed by atoms with Crippen LogP contribution in [-0.2, 0) is 12.8 Å². The smallest absolute Gasteiger partial charge is 0.196 e. The van der Waals surface area contributed by atoms with Crippen LogP contribution in [0, 0.1) is 0 Å². The highest BCUT2D eigenvalue weighted by Crippen LogP contribution is 2.36. The van der Waals surface area contributed by atoms with Gasteiger partial charge in [0.25, 0.3) is 0 Å². The SMILES string of the molecule is Nc1c(-c2ccco2)nc2sc3c(n12)CCCC3. The van der Waals surface area contributed by atoms with Crippen LogP contribution in [0.4, 0.5) is 5.82 Å². The van der Waals surface area contributed by atoms with Gasteiger partial charge in [-0.05, 0) is 37.8 Å². The Morgan fingerprint density at radius 3 is 3.06 bits per heavy atom. The Kier molecular flexibility index (Phi) is 2.05. The summed E-state index contributed by atoms with van der Waals surface area (Å²) in [7, 11) is 0. The average Bonchev–Trinajstić information content (AvgIpc) is 3.05. The van der Waals surface area contributed by atoms with Gasteiger partial charge in [0.2, 0.25) is 0 Å². The standard InChI is InChI=1S/C13H13N3OS/c14-12-11(9-5-3-7-17-9)15-13-16(12)8-4-1-2-6-10(8)18-13/h3,5,7H,1-2,4,6,14H2. The number of nitrogens with two attached hydrogens (primary N) is 1. The predicted molar refractivity (Wildman–Crippen MR) is 71.8 cm³/mol. The zero-order valence-electron chi connectivity index (χ0n) is 9.85. The summed E-state index contributed by atoms with van der Waals surface area (Å²) in [5.41, 5.74) is 8.36. The van der Waals surface area contributed by atoms with Crippen molar-refractivity contribution in [3.63, 3.8) is 0 Å². The number of thiazole rings is 1. The molecule has 0 saturated heterocycles. The maximum atomic E-state index is 6.25. The number of anilines is 1. The van der Waals surface area contributed by atoms with Crippen LogP contribution in [-0.4, -0.2) is 9.38 Å². The minimum absolute atomic E-state index is 0.708. The number of furan rings is 1. The molecule has 92 valence electrons. The predicted octanol–water partition coefficient (Wildman–Crippen LogP) is 3.12. The van der Waals surface area contributed by atoms with Gasteiger partial charge in [-0.25, -0.2) is 4.98 Å². The summed E-state index contributed by atoms with van der Waals surface area (Å²) in [6.07, 6.45) is 6.44. The lowest BCUT2D eigenvalue weighted by Gasteiger charge is -2.10. The van der Waals surface area contributed by atoms with E-state index in [1.807, 2.05) is 12.1 Å². The van der Waals surface area contributed by atoms with E-state index in [2.05, 4.69) is 9.38 Å². The molecule has 0 bridgehead atoms. The van der Waals surface area contributed by atoms with E-state index in [0.29, 0.717) is 5.82 Å². The number of aryl methyl sites for hydroxylation is 2. The lowest BCUT2D eigenvalue weighted by molar-refractivity contribution is 0.581. The zero-order valence-corrected chi connectivity index (χ0v) is 10.7. The van der Waals surface area contributed by atoms with Crippen LogP contribution < -0.4 is 5.73 Å². The molecule has 3 aromatic heterocycles. The molecule has 0 aliphatic heterocycles. The average molecular weight is 259 g/mol. The van der Waals surface area contributed by atoms with Gasteiger partial charge in [-0.1, -0.05) is 0 Å². The molecule has 0 unspecified atom stereocenters. The third-order valence-electron chi connectivity index (χ3n) is 3.51. The van der Waals surface area contributed by atoms with Crippen LogP contribution in [0.2, 0.25) is 0 Å². The maximum absolute atomic E-state index is 6.25. The van der Waals surface area contributed by atoms with E-state index in [0.717, 1.165) is 22.8 Å². The molecule has 3 heterocycles. The van der Waals surface area contributed by atoms with Crippen LogP contribution in [0.3, 0.4) is 0 Å². The number of imidazole rings is 1. The summed E-state index contributed by atoms with van der Waals surface area (Å²) >= 11 is 1.76. The number of aromatic nitrogens is 2.